The van der Waals surface area contributed by atoms with Crippen LogP contribution < -0.4 is 5.73 Å². The second kappa shape index (κ2) is 4.82. The molecule has 6 nitrogen and oxygen atoms in total. The van der Waals surface area contributed by atoms with E-state index in [1.165, 1.54) is 24.3 Å². The summed E-state index contributed by atoms with van der Waals surface area (Å²) in [7, 11) is -3.31. The van der Waals surface area contributed by atoms with Gasteiger partial charge in [-0.25, -0.2) is 8.42 Å². The number of aliphatic hydroxyl groups excluding tert-OH is 1. The predicted molar refractivity (Wildman–Crippen MR) is 60.1 cm³/mol. The second-order valence-electron chi connectivity index (χ2n) is 3.65. The Morgan fingerprint density at radius 1 is 1.29 bits per heavy atom. The molecular formula is C10H13NO5S. The molecule has 1 aromatic carbocycles. The molecule has 2 unspecified atom stereocenters. The number of nitrogens with two attached hydrogens (primary N) is 1. The van der Waals surface area contributed by atoms with Crippen LogP contribution in [0.4, 0.5) is 0 Å². The van der Waals surface area contributed by atoms with Gasteiger partial charge in [-0.05, 0) is 17.7 Å². The molecule has 2 atom stereocenters. The van der Waals surface area contributed by atoms with Gasteiger partial charge in [0.15, 0.2) is 9.84 Å². The highest BCUT2D eigenvalue weighted by Crippen LogP contribution is 2.18. The van der Waals surface area contributed by atoms with Crippen molar-refractivity contribution in [3.05, 3.63) is 29.8 Å². The van der Waals surface area contributed by atoms with Crippen molar-refractivity contribution >= 4 is 15.8 Å². The van der Waals surface area contributed by atoms with Crippen LogP contribution in [-0.4, -0.2) is 36.9 Å². The van der Waals surface area contributed by atoms with Crippen LogP contribution in [0.5, 0.6) is 0 Å². The lowest BCUT2D eigenvalue weighted by Gasteiger charge is -2.15. The van der Waals surface area contributed by atoms with Gasteiger partial charge >= 0.3 is 5.97 Å². The van der Waals surface area contributed by atoms with E-state index in [0.717, 1.165) is 6.26 Å². The Kier molecular flexibility index (Phi) is 3.87. The van der Waals surface area contributed by atoms with Crippen LogP contribution in [0.1, 0.15) is 11.7 Å². The third-order valence-electron chi connectivity index (χ3n) is 2.28. The van der Waals surface area contributed by atoms with Crippen LogP contribution in [0, 0.1) is 0 Å². The quantitative estimate of drug-likeness (QED) is 0.673. The van der Waals surface area contributed by atoms with Crippen LogP contribution in [0.25, 0.3) is 0 Å². The van der Waals surface area contributed by atoms with E-state index in [1.54, 1.807) is 0 Å². The lowest BCUT2D eigenvalue weighted by molar-refractivity contribution is -0.141. The summed E-state index contributed by atoms with van der Waals surface area (Å²) in [5, 5.41) is 18.2. The van der Waals surface area contributed by atoms with E-state index < -0.39 is 28.0 Å². The average Bonchev–Trinajstić information content (AvgIpc) is 2.26. The van der Waals surface area contributed by atoms with Crippen molar-refractivity contribution in [2.24, 2.45) is 5.73 Å². The van der Waals surface area contributed by atoms with Crippen LogP contribution in [0.2, 0.25) is 0 Å². The van der Waals surface area contributed by atoms with Crippen LogP contribution in [0.15, 0.2) is 29.2 Å². The van der Waals surface area contributed by atoms with E-state index in [2.05, 4.69) is 0 Å². The van der Waals surface area contributed by atoms with Gasteiger partial charge in [0.1, 0.15) is 12.1 Å². The molecule has 0 amide bonds. The highest BCUT2D eigenvalue weighted by atomic mass is 32.2. The van der Waals surface area contributed by atoms with Gasteiger partial charge in [-0.15, -0.1) is 0 Å². The van der Waals surface area contributed by atoms with Crippen molar-refractivity contribution in [1.29, 1.82) is 0 Å². The van der Waals surface area contributed by atoms with E-state index >= 15 is 0 Å². The molecule has 0 heterocycles. The Morgan fingerprint density at radius 3 is 2.12 bits per heavy atom. The van der Waals surface area contributed by atoms with Gasteiger partial charge in [-0.2, -0.15) is 0 Å². The molecule has 1 rings (SSSR count). The lowest BCUT2D eigenvalue weighted by atomic mass is 10.0. The number of hydrogen-bond donors (Lipinski definition) is 3. The molecule has 0 bridgehead atoms. The fourth-order valence-electron chi connectivity index (χ4n) is 1.25. The molecule has 0 saturated heterocycles. The van der Waals surface area contributed by atoms with Crippen molar-refractivity contribution in [2.45, 2.75) is 17.0 Å². The number of aliphatic carboxylic acids is 1. The van der Waals surface area contributed by atoms with E-state index in [4.69, 9.17) is 10.8 Å². The fraction of sp³-hybridized carbons (Fsp3) is 0.300. The van der Waals surface area contributed by atoms with Crippen LogP contribution in [-0.2, 0) is 14.6 Å². The Hall–Kier alpha value is -1.44. The minimum Gasteiger partial charge on any atom is -0.480 e. The Labute approximate surface area is 98.6 Å². The number of hydrogen-bond acceptors (Lipinski definition) is 5. The third-order valence-corrected chi connectivity index (χ3v) is 3.40. The number of aliphatic hydroxyl groups is 1. The number of carboxylic acids is 1. The van der Waals surface area contributed by atoms with Crippen molar-refractivity contribution in [3.63, 3.8) is 0 Å². The van der Waals surface area contributed by atoms with Gasteiger partial charge in [0, 0.05) is 6.26 Å². The summed E-state index contributed by atoms with van der Waals surface area (Å²) in [6, 6.07) is 3.82. The first kappa shape index (κ1) is 13.6. The molecule has 94 valence electrons. The molecule has 17 heavy (non-hydrogen) atoms. The highest BCUT2D eigenvalue weighted by Gasteiger charge is 2.23. The number of carbonyl (C=O) groups is 1. The zero-order valence-corrected chi connectivity index (χ0v) is 9.89. The van der Waals surface area contributed by atoms with Crippen molar-refractivity contribution in [2.75, 3.05) is 6.26 Å². The zero-order valence-electron chi connectivity index (χ0n) is 9.07. The number of carboxylic acid groups (broad SMARTS) is 1. The Balaban J connectivity index is 2.99. The molecule has 0 aliphatic heterocycles. The topological polar surface area (TPSA) is 118 Å². The monoisotopic (exact) mass is 259 g/mol. The average molecular weight is 259 g/mol. The van der Waals surface area contributed by atoms with Crippen LogP contribution in [0.3, 0.4) is 0 Å². The molecule has 0 saturated carbocycles. The van der Waals surface area contributed by atoms with Gasteiger partial charge in [0.2, 0.25) is 0 Å². The van der Waals surface area contributed by atoms with Gasteiger partial charge in [-0.3, -0.25) is 4.79 Å². The molecule has 1 aromatic rings. The normalized spacial score (nSPS) is 15.2. The zero-order chi connectivity index (χ0) is 13.2. The van der Waals surface area contributed by atoms with E-state index in [9.17, 15) is 18.3 Å². The molecule has 0 radical (unpaired) electrons. The van der Waals surface area contributed by atoms with Gasteiger partial charge in [0.25, 0.3) is 0 Å². The molecule has 0 fully saturated rings. The van der Waals surface area contributed by atoms with Crippen LogP contribution >= 0.6 is 0 Å². The minimum absolute atomic E-state index is 0.0948. The molecule has 0 aliphatic rings. The van der Waals surface area contributed by atoms with E-state index in [1.807, 2.05) is 0 Å². The molecule has 0 spiro atoms. The molecule has 0 aliphatic carbocycles. The SMILES string of the molecule is CS(=O)(=O)c1ccc(C(O)C(N)C(=O)O)cc1. The van der Waals surface area contributed by atoms with Gasteiger partial charge in [-0.1, -0.05) is 12.1 Å². The molecule has 4 N–H and O–H groups in total. The summed E-state index contributed by atoms with van der Waals surface area (Å²) in [6.45, 7) is 0. The predicted octanol–water partition coefficient (Wildman–Crippen LogP) is -0.465. The largest absolute Gasteiger partial charge is 0.480 e. The summed E-state index contributed by atoms with van der Waals surface area (Å²) < 4.78 is 22.3. The van der Waals surface area contributed by atoms with Crippen molar-refractivity contribution < 1.29 is 23.4 Å². The van der Waals surface area contributed by atoms with E-state index in [-0.39, 0.29) is 10.5 Å². The summed E-state index contributed by atoms with van der Waals surface area (Å²) in [5.41, 5.74) is 5.50. The first-order valence-corrected chi connectivity index (χ1v) is 6.59. The minimum atomic E-state index is -3.31. The molecule has 0 aromatic heterocycles. The third kappa shape index (κ3) is 3.26. The fourth-order valence-corrected chi connectivity index (χ4v) is 1.89. The lowest BCUT2D eigenvalue weighted by Crippen LogP contribution is -2.36. The Bertz CT molecular complexity index is 508. The van der Waals surface area contributed by atoms with Gasteiger partial charge < -0.3 is 15.9 Å². The summed E-state index contributed by atoms with van der Waals surface area (Å²) in [4.78, 5) is 10.7. The first-order valence-electron chi connectivity index (χ1n) is 4.70. The van der Waals surface area contributed by atoms with Gasteiger partial charge in [0.05, 0.1) is 4.90 Å². The molecular weight excluding hydrogens is 246 g/mol. The maximum absolute atomic E-state index is 11.2. The Morgan fingerprint density at radius 2 is 1.76 bits per heavy atom. The summed E-state index contributed by atoms with van der Waals surface area (Å²) in [6.07, 6.45) is -0.317. The molecule has 7 heteroatoms. The highest BCUT2D eigenvalue weighted by molar-refractivity contribution is 7.90. The summed E-state index contributed by atoms with van der Waals surface area (Å²) >= 11 is 0. The maximum atomic E-state index is 11.2. The van der Waals surface area contributed by atoms with Crippen molar-refractivity contribution in [3.8, 4) is 0 Å². The van der Waals surface area contributed by atoms with Crippen molar-refractivity contribution in [1.82, 2.24) is 0 Å². The number of benzene rings is 1. The van der Waals surface area contributed by atoms with E-state index in [0.29, 0.717) is 0 Å². The number of sulfone groups is 1. The smallest absolute Gasteiger partial charge is 0.323 e. The standard InChI is InChI=1S/C10H13NO5S/c1-17(15,16)7-4-2-6(3-5-7)9(12)8(11)10(13)14/h2-5,8-9,12H,11H2,1H3,(H,13,14). The second-order valence-corrected chi connectivity index (χ2v) is 5.67. The summed E-state index contributed by atoms with van der Waals surface area (Å²) in [5.74, 6) is -1.33. The maximum Gasteiger partial charge on any atom is 0.323 e. The first-order chi connectivity index (χ1) is 7.73. The number of rotatable bonds is 4.